The molecule has 1 saturated heterocycles. The number of carbonyl (C=O) groups is 1. The Kier molecular flexibility index (Phi) is 5.29. The molecule has 1 aromatic rings. The van der Waals surface area contributed by atoms with Gasteiger partial charge in [0.15, 0.2) is 0 Å². The first kappa shape index (κ1) is 16.3. The summed E-state index contributed by atoms with van der Waals surface area (Å²) in [6, 6.07) is 1.31. The normalized spacial score (nSPS) is 18.9. The summed E-state index contributed by atoms with van der Waals surface area (Å²) in [7, 11) is 1.50. The van der Waals surface area contributed by atoms with Gasteiger partial charge in [0.2, 0.25) is 0 Å². The van der Waals surface area contributed by atoms with Gasteiger partial charge in [-0.25, -0.2) is 8.42 Å². The minimum Gasteiger partial charge on any atom is -0.376 e. The van der Waals surface area contributed by atoms with Crippen molar-refractivity contribution in [1.82, 2.24) is 9.88 Å². The van der Waals surface area contributed by atoms with Gasteiger partial charge in [0, 0.05) is 36.6 Å². The van der Waals surface area contributed by atoms with E-state index in [1.165, 1.54) is 12.3 Å². The van der Waals surface area contributed by atoms with Crippen LogP contribution in [-0.4, -0.2) is 38.1 Å². The Hall–Kier alpha value is -1.05. The van der Waals surface area contributed by atoms with Crippen molar-refractivity contribution in [1.29, 1.82) is 0 Å². The van der Waals surface area contributed by atoms with Crippen molar-refractivity contribution in [2.24, 2.45) is 0 Å². The highest BCUT2D eigenvalue weighted by atomic mass is 35.7. The van der Waals surface area contributed by atoms with E-state index in [0.717, 1.165) is 25.9 Å². The lowest BCUT2D eigenvalue weighted by Gasteiger charge is -2.12. The fraction of sp³-hybridized carbons (Fsp3) is 0.615. The molecule has 1 atom stereocenters. The molecule has 1 aliphatic rings. The summed E-state index contributed by atoms with van der Waals surface area (Å²) in [5, 5.41) is 2.78. The first-order valence-corrected chi connectivity index (χ1v) is 9.27. The Bertz CT molecular complexity index is 606. The van der Waals surface area contributed by atoms with Crippen LogP contribution in [0.25, 0.3) is 0 Å². The van der Waals surface area contributed by atoms with Crippen molar-refractivity contribution in [3.63, 3.8) is 0 Å². The zero-order valence-corrected chi connectivity index (χ0v) is 13.4. The predicted molar refractivity (Wildman–Crippen MR) is 79.1 cm³/mol. The number of carbonyl (C=O) groups excluding carboxylic acids is 1. The monoisotopic (exact) mass is 334 g/mol. The van der Waals surface area contributed by atoms with E-state index in [4.69, 9.17) is 15.4 Å². The van der Waals surface area contributed by atoms with Crippen LogP contribution in [0.1, 0.15) is 36.7 Å². The molecule has 2 heterocycles. The van der Waals surface area contributed by atoms with Crippen molar-refractivity contribution >= 4 is 25.6 Å². The number of rotatable bonds is 6. The van der Waals surface area contributed by atoms with E-state index in [1.807, 2.05) is 6.92 Å². The van der Waals surface area contributed by atoms with Gasteiger partial charge in [-0.2, -0.15) is 0 Å². The number of nitrogens with zero attached hydrogens (tertiary/aromatic N) is 1. The standard InChI is InChI=1S/C13H19ClN2O4S/c1-2-5-16-9-11(21(14,18)19)7-12(16)13(17)15-8-10-4-3-6-20-10/h7,9-10H,2-6,8H2,1H3,(H,15,17). The molecule has 118 valence electrons. The molecule has 8 heteroatoms. The van der Waals surface area contributed by atoms with Gasteiger partial charge in [-0.3, -0.25) is 4.79 Å². The Labute approximate surface area is 128 Å². The van der Waals surface area contributed by atoms with Crippen LogP contribution >= 0.6 is 10.7 Å². The first-order valence-electron chi connectivity index (χ1n) is 6.96. The lowest BCUT2D eigenvalue weighted by molar-refractivity contribution is 0.0850. The number of hydrogen-bond donors (Lipinski definition) is 1. The summed E-state index contributed by atoms with van der Waals surface area (Å²) in [5.41, 5.74) is 0.300. The topological polar surface area (TPSA) is 77.4 Å². The van der Waals surface area contributed by atoms with E-state index in [0.29, 0.717) is 18.8 Å². The average Bonchev–Trinajstić information content (AvgIpc) is 3.04. The Balaban J connectivity index is 2.12. The zero-order valence-electron chi connectivity index (χ0n) is 11.8. The van der Waals surface area contributed by atoms with Gasteiger partial charge in [-0.1, -0.05) is 6.92 Å². The average molecular weight is 335 g/mol. The SMILES string of the molecule is CCCn1cc(S(=O)(=O)Cl)cc1C(=O)NCC1CCCO1. The summed E-state index contributed by atoms with van der Waals surface area (Å²) in [6.45, 7) is 3.65. The molecule has 0 radical (unpaired) electrons. The highest BCUT2D eigenvalue weighted by Gasteiger charge is 2.21. The maximum atomic E-state index is 12.2. The molecular formula is C13H19ClN2O4S. The minimum atomic E-state index is -3.84. The molecule has 2 rings (SSSR count). The second kappa shape index (κ2) is 6.81. The number of amides is 1. The van der Waals surface area contributed by atoms with Crippen LogP contribution in [0.3, 0.4) is 0 Å². The molecule has 6 nitrogen and oxygen atoms in total. The molecule has 1 unspecified atom stereocenters. The van der Waals surface area contributed by atoms with E-state index >= 15 is 0 Å². The van der Waals surface area contributed by atoms with Crippen LogP contribution in [0.2, 0.25) is 0 Å². The molecule has 1 amide bonds. The number of nitrogens with one attached hydrogen (secondary N) is 1. The Morgan fingerprint density at radius 3 is 2.90 bits per heavy atom. The van der Waals surface area contributed by atoms with Crippen LogP contribution < -0.4 is 5.32 Å². The first-order chi connectivity index (χ1) is 9.91. The third-order valence-electron chi connectivity index (χ3n) is 3.36. The van der Waals surface area contributed by atoms with E-state index in [-0.39, 0.29) is 16.9 Å². The van der Waals surface area contributed by atoms with Gasteiger partial charge in [0.05, 0.1) is 6.10 Å². The van der Waals surface area contributed by atoms with E-state index in [1.54, 1.807) is 4.57 Å². The van der Waals surface area contributed by atoms with E-state index in [9.17, 15) is 13.2 Å². The van der Waals surface area contributed by atoms with Gasteiger partial charge in [0.25, 0.3) is 15.0 Å². The molecule has 0 bridgehead atoms. The molecule has 0 saturated carbocycles. The molecule has 0 aliphatic carbocycles. The molecule has 1 fully saturated rings. The van der Waals surface area contributed by atoms with Crippen LogP contribution in [0.5, 0.6) is 0 Å². The number of aryl methyl sites for hydroxylation is 1. The molecule has 1 N–H and O–H groups in total. The predicted octanol–water partition coefficient (Wildman–Crippen LogP) is 1.73. The van der Waals surface area contributed by atoms with Gasteiger partial charge >= 0.3 is 0 Å². The second-order valence-corrected chi connectivity index (χ2v) is 7.60. The summed E-state index contributed by atoms with van der Waals surface area (Å²) in [6.07, 6.45) is 4.15. The van der Waals surface area contributed by atoms with Crippen molar-refractivity contribution in [2.75, 3.05) is 13.2 Å². The van der Waals surface area contributed by atoms with Crippen molar-refractivity contribution in [3.8, 4) is 0 Å². The number of hydrogen-bond acceptors (Lipinski definition) is 4. The van der Waals surface area contributed by atoms with Gasteiger partial charge < -0.3 is 14.6 Å². The number of halogens is 1. The maximum Gasteiger partial charge on any atom is 0.268 e. The van der Waals surface area contributed by atoms with Gasteiger partial charge in [0.1, 0.15) is 10.6 Å². The van der Waals surface area contributed by atoms with Crippen LogP contribution in [-0.2, 0) is 20.3 Å². The number of aromatic nitrogens is 1. The third kappa shape index (κ3) is 4.21. The van der Waals surface area contributed by atoms with E-state index < -0.39 is 9.05 Å². The lowest BCUT2D eigenvalue weighted by Crippen LogP contribution is -2.33. The summed E-state index contributed by atoms with van der Waals surface area (Å²) >= 11 is 0. The molecular weight excluding hydrogens is 316 g/mol. The van der Waals surface area contributed by atoms with Crippen molar-refractivity contribution in [3.05, 3.63) is 18.0 Å². The zero-order chi connectivity index (χ0) is 15.5. The van der Waals surface area contributed by atoms with Gasteiger partial charge in [-0.05, 0) is 25.3 Å². The van der Waals surface area contributed by atoms with Gasteiger partial charge in [-0.15, -0.1) is 0 Å². The quantitative estimate of drug-likeness (QED) is 0.804. The molecule has 0 spiro atoms. The number of ether oxygens (including phenoxy) is 1. The molecule has 0 aromatic carbocycles. The van der Waals surface area contributed by atoms with E-state index in [2.05, 4.69) is 5.32 Å². The highest BCUT2D eigenvalue weighted by molar-refractivity contribution is 8.13. The third-order valence-corrected chi connectivity index (χ3v) is 4.69. The highest BCUT2D eigenvalue weighted by Crippen LogP contribution is 2.19. The molecule has 1 aromatic heterocycles. The lowest BCUT2D eigenvalue weighted by atomic mass is 10.2. The fourth-order valence-electron chi connectivity index (χ4n) is 2.34. The smallest absolute Gasteiger partial charge is 0.268 e. The fourth-order valence-corrected chi connectivity index (χ4v) is 3.09. The summed E-state index contributed by atoms with van der Waals surface area (Å²) in [5.74, 6) is -0.314. The second-order valence-electron chi connectivity index (χ2n) is 5.04. The van der Waals surface area contributed by atoms with Crippen molar-refractivity contribution < 1.29 is 17.9 Å². The molecule has 21 heavy (non-hydrogen) atoms. The summed E-state index contributed by atoms with van der Waals surface area (Å²) in [4.78, 5) is 12.2. The molecule has 1 aliphatic heterocycles. The van der Waals surface area contributed by atoms with Crippen molar-refractivity contribution in [2.45, 2.75) is 43.7 Å². The largest absolute Gasteiger partial charge is 0.376 e. The maximum absolute atomic E-state index is 12.2. The summed E-state index contributed by atoms with van der Waals surface area (Å²) < 4.78 is 29.8. The Morgan fingerprint density at radius 1 is 1.57 bits per heavy atom. The van der Waals surface area contributed by atoms with Crippen LogP contribution in [0, 0.1) is 0 Å². The van der Waals surface area contributed by atoms with Crippen LogP contribution in [0.4, 0.5) is 0 Å². The van der Waals surface area contributed by atoms with Crippen LogP contribution in [0.15, 0.2) is 17.2 Å². The Morgan fingerprint density at radius 2 is 2.33 bits per heavy atom. The minimum absolute atomic E-state index is 0.0415.